The number of aliphatic imine (C=N–C) groups is 1. The molecule has 32 heavy (non-hydrogen) atoms. The van der Waals surface area contributed by atoms with Crippen LogP contribution >= 0.6 is 0 Å². The summed E-state index contributed by atoms with van der Waals surface area (Å²) in [5.74, 6) is 4.20. The van der Waals surface area contributed by atoms with Crippen molar-refractivity contribution >= 4 is 5.96 Å². The molecule has 170 valence electrons. The van der Waals surface area contributed by atoms with E-state index in [4.69, 9.17) is 9.47 Å². The summed E-state index contributed by atoms with van der Waals surface area (Å²) >= 11 is 0. The minimum Gasteiger partial charge on any atom is -0.497 e. The summed E-state index contributed by atoms with van der Waals surface area (Å²) < 4.78 is 13.1. The third-order valence-electron chi connectivity index (χ3n) is 4.89. The highest BCUT2D eigenvalue weighted by Crippen LogP contribution is 2.24. The number of ether oxygens (including phenoxy) is 2. The minimum atomic E-state index is 0.695. The molecule has 3 aromatic rings. The lowest BCUT2D eigenvalue weighted by molar-refractivity contribution is 0.413. The predicted octanol–water partition coefficient (Wildman–Crippen LogP) is 3.44. The van der Waals surface area contributed by atoms with Gasteiger partial charge in [-0.2, -0.15) is 0 Å². The molecule has 0 fully saturated rings. The van der Waals surface area contributed by atoms with E-state index in [9.17, 15) is 0 Å². The second-order valence-corrected chi connectivity index (χ2v) is 7.15. The Morgan fingerprint density at radius 2 is 1.66 bits per heavy atom. The van der Waals surface area contributed by atoms with Crippen LogP contribution in [0, 0.1) is 0 Å². The molecular formula is C24H32N6O2. The number of hydrogen-bond acceptors (Lipinski definition) is 5. The van der Waals surface area contributed by atoms with E-state index in [0.717, 1.165) is 61.5 Å². The van der Waals surface area contributed by atoms with Crippen LogP contribution in [-0.2, 0) is 19.4 Å². The first-order chi connectivity index (χ1) is 15.7. The van der Waals surface area contributed by atoms with Gasteiger partial charge in [-0.3, -0.25) is 4.99 Å². The first-order valence-electron chi connectivity index (χ1n) is 11.0. The van der Waals surface area contributed by atoms with Gasteiger partial charge in [-0.25, -0.2) is 0 Å². The highest BCUT2D eigenvalue weighted by molar-refractivity contribution is 5.79. The number of nitrogens with one attached hydrogen (secondary N) is 2. The van der Waals surface area contributed by atoms with E-state index in [0.29, 0.717) is 6.54 Å². The van der Waals surface area contributed by atoms with Gasteiger partial charge in [-0.1, -0.05) is 19.1 Å². The van der Waals surface area contributed by atoms with E-state index in [1.807, 2.05) is 36.4 Å². The van der Waals surface area contributed by atoms with Crippen molar-refractivity contribution < 1.29 is 9.47 Å². The zero-order valence-electron chi connectivity index (χ0n) is 19.0. The molecule has 0 radical (unpaired) electrons. The highest BCUT2D eigenvalue weighted by atomic mass is 16.5. The van der Waals surface area contributed by atoms with Crippen molar-refractivity contribution in [3.05, 3.63) is 66.2 Å². The number of rotatable bonds is 11. The first-order valence-corrected chi connectivity index (χ1v) is 11.0. The van der Waals surface area contributed by atoms with E-state index in [2.05, 4.69) is 56.4 Å². The molecule has 0 aliphatic rings. The van der Waals surface area contributed by atoms with Crippen molar-refractivity contribution in [2.24, 2.45) is 4.99 Å². The number of benzene rings is 2. The van der Waals surface area contributed by atoms with Crippen LogP contribution in [0.5, 0.6) is 17.2 Å². The Labute approximate surface area is 189 Å². The smallest absolute Gasteiger partial charge is 0.191 e. The summed E-state index contributed by atoms with van der Waals surface area (Å²) in [6, 6.07) is 15.7. The normalized spacial score (nSPS) is 11.3. The molecule has 1 heterocycles. The second kappa shape index (κ2) is 12.3. The SMILES string of the molecule is CCNC(=NCCc1ccc(Oc2ccc(OC)cc2)cc1)NCCn1cnnc1CC. The van der Waals surface area contributed by atoms with Crippen molar-refractivity contribution in [2.45, 2.75) is 33.2 Å². The fourth-order valence-corrected chi connectivity index (χ4v) is 3.18. The number of hydrogen-bond donors (Lipinski definition) is 2. The Hall–Kier alpha value is -3.55. The second-order valence-electron chi connectivity index (χ2n) is 7.15. The summed E-state index contributed by atoms with van der Waals surface area (Å²) in [5.41, 5.74) is 1.21. The Kier molecular flexibility index (Phi) is 8.92. The van der Waals surface area contributed by atoms with Crippen LogP contribution in [0.4, 0.5) is 0 Å². The molecule has 0 bridgehead atoms. The Morgan fingerprint density at radius 3 is 2.31 bits per heavy atom. The third kappa shape index (κ3) is 7.01. The van der Waals surface area contributed by atoms with Crippen LogP contribution in [-0.4, -0.2) is 47.5 Å². The van der Waals surface area contributed by atoms with Gasteiger partial charge in [0, 0.05) is 32.6 Å². The van der Waals surface area contributed by atoms with Crippen molar-refractivity contribution in [3.8, 4) is 17.2 Å². The lowest BCUT2D eigenvalue weighted by Crippen LogP contribution is -2.39. The summed E-state index contributed by atoms with van der Waals surface area (Å²) in [6.07, 6.45) is 3.50. The average molecular weight is 437 g/mol. The molecule has 0 aliphatic carbocycles. The van der Waals surface area contributed by atoms with Crippen LogP contribution in [0.25, 0.3) is 0 Å². The maximum Gasteiger partial charge on any atom is 0.191 e. The molecule has 1 aromatic heterocycles. The zero-order valence-corrected chi connectivity index (χ0v) is 19.0. The van der Waals surface area contributed by atoms with Gasteiger partial charge in [0.05, 0.1) is 7.11 Å². The molecule has 8 heteroatoms. The Balaban J connectivity index is 1.46. The van der Waals surface area contributed by atoms with Gasteiger partial charge in [0.15, 0.2) is 5.96 Å². The molecule has 3 rings (SSSR count). The number of nitrogens with zero attached hydrogens (tertiary/aromatic N) is 4. The molecule has 2 aromatic carbocycles. The van der Waals surface area contributed by atoms with Gasteiger partial charge in [0.2, 0.25) is 0 Å². The maximum absolute atomic E-state index is 5.88. The van der Waals surface area contributed by atoms with Gasteiger partial charge >= 0.3 is 0 Å². The molecule has 0 spiro atoms. The first kappa shape index (κ1) is 23.1. The minimum absolute atomic E-state index is 0.695. The van der Waals surface area contributed by atoms with Crippen LogP contribution < -0.4 is 20.1 Å². The van der Waals surface area contributed by atoms with E-state index in [1.54, 1.807) is 13.4 Å². The monoisotopic (exact) mass is 436 g/mol. The third-order valence-corrected chi connectivity index (χ3v) is 4.89. The summed E-state index contributed by atoms with van der Waals surface area (Å²) in [7, 11) is 1.65. The molecule has 0 saturated heterocycles. The van der Waals surface area contributed by atoms with E-state index < -0.39 is 0 Å². The predicted molar refractivity (Wildman–Crippen MR) is 127 cm³/mol. The standard InChI is InChI=1S/C24H32N6O2/c1-4-23-29-28-18-30(23)17-16-27-24(25-5-2)26-15-14-19-6-8-21(9-7-19)32-22-12-10-20(31-3)11-13-22/h6-13,18H,4-5,14-17H2,1-3H3,(H2,25,26,27). The lowest BCUT2D eigenvalue weighted by atomic mass is 10.1. The molecule has 0 aliphatic heterocycles. The maximum atomic E-state index is 5.88. The van der Waals surface area contributed by atoms with Crippen molar-refractivity contribution in [3.63, 3.8) is 0 Å². The largest absolute Gasteiger partial charge is 0.497 e. The number of guanidine groups is 1. The zero-order chi connectivity index (χ0) is 22.6. The van der Waals surface area contributed by atoms with Crippen molar-refractivity contribution in [1.82, 2.24) is 25.4 Å². The van der Waals surface area contributed by atoms with Gasteiger partial charge in [-0.15, -0.1) is 10.2 Å². The summed E-state index contributed by atoms with van der Waals surface area (Å²) in [5, 5.41) is 14.8. The van der Waals surface area contributed by atoms with Gasteiger partial charge in [0.1, 0.15) is 29.4 Å². The average Bonchev–Trinajstić information content (AvgIpc) is 3.28. The Bertz CT molecular complexity index is 967. The topological polar surface area (TPSA) is 85.6 Å². The lowest BCUT2D eigenvalue weighted by Gasteiger charge is -2.12. The fraction of sp³-hybridized carbons (Fsp3) is 0.375. The molecule has 0 saturated carbocycles. The van der Waals surface area contributed by atoms with Crippen molar-refractivity contribution in [1.29, 1.82) is 0 Å². The summed E-state index contributed by atoms with van der Waals surface area (Å²) in [4.78, 5) is 4.69. The molecular weight excluding hydrogens is 404 g/mol. The van der Waals surface area contributed by atoms with Crippen LogP contribution in [0.15, 0.2) is 59.9 Å². The quantitative estimate of drug-likeness (QED) is 0.354. The molecule has 0 atom stereocenters. The van der Waals surface area contributed by atoms with Crippen LogP contribution in [0.1, 0.15) is 25.2 Å². The fourth-order valence-electron chi connectivity index (χ4n) is 3.18. The van der Waals surface area contributed by atoms with E-state index in [1.165, 1.54) is 5.56 Å². The molecule has 2 N–H and O–H groups in total. The van der Waals surface area contributed by atoms with Gasteiger partial charge in [0.25, 0.3) is 0 Å². The van der Waals surface area contributed by atoms with Crippen LogP contribution in [0.2, 0.25) is 0 Å². The highest BCUT2D eigenvalue weighted by Gasteiger charge is 2.03. The van der Waals surface area contributed by atoms with E-state index >= 15 is 0 Å². The van der Waals surface area contributed by atoms with Gasteiger partial charge in [-0.05, 0) is 55.3 Å². The number of aromatic nitrogens is 3. The summed E-state index contributed by atoms with van der Waals surface area (Å²) in [6.45, 7) is 7.21. The molecule has 0 unspecified atom stereocenters. The van der Waals surface area contributed by atoms with Gasteiger partial charge < -0.3 is 24.7 Å². The molecule has 8 nitrogen and oxygen atoms in total. The van der Waals surface area contributed by atoms with Crippen molar-refractivity contribution in [2.75, 3.05) is 26.7 Å². The Morgan fingerprint density at radius 1 is 0.969 bits per heavy atom. The van der Waals surface area contributed by atoms with E-state index in [-0.39, 0.29) is 0 Å². The van der Waals surface area contributed by atoms with Crippen LogP contribution in [0.3, 0.4) is 0 Å². The number of methoxy groups -OCH3 is 1. The molecule has 0 amide bonds. The number of aryl methyl sites for hydroxylation is 1.